The predicted octanol–water partition coefficient (Wildman–Crippen LogP) is 10.5. The molecule has 3 heteroatoms. The smallest absolute Gasteiger partial charge is 0.333 e. The first kappa shape index (κ1) is 27.5. The van der Waals surface area contributed by atoms with Crippen LogP contribution in [0.1, 0.15) is 23.6 Å². The summed E-state index contributed by atoms with van der Waals surface area (Å²) in [6.07, 6.45) is 0. The molecule has 0 fully saturated rings. The topological polar surface area (TPSA) is 8.17 Å². The van der Waals surface area contributed by atoms with E-state index in [9.17, 15) is 0 Å². The molecular weight excluding hydrogens is 615 g/mol. The van der Waals surface area contributed by atoms with E-state index in [1.165, 1.54) is 99.5 Å². The van der Waals surface area contributed by atoms with Crippen LogP contribution in [0.3, 0.4) is 0 Å². The van der Waals surface area contributed by atoms with Gasteiger partial charge < -0.3 is 9.38 Å². The lowest BCUT2D eigenvalue weighted by Gasteiger charge is -2.50. The normalized spacial score (nSPS) is 16.3. The number of nitrogens with zero attached hydrogens (tertiary/aromatic N) is 2. The number of anilines is 2. The summed E-state index contributed by atoms with van der Waals surface area (Å²) in [7, 11) is 0. The molecule has 0 amide bonds. The van der Waals surface area contributed by atoms with Crippen LogP contribution in [0.5, 0.6) is 0 Å². The van der Waals surface area contributed by atoms with Crippen LogP contribution in [0.15, 0.2) is 170 Å². The highest BCUT2D eigenvalue weighted by molar-refractivity contribution is 6.94. The Kier molecular flexibility index (Phi) is 5.22. The molecule has 0 N–H and O–H groups in total. The lowest BCUT2D eigenvalue weighted by molar-refractivity contribution is 0.684. The summed E-state index contributed by atoms with van der Waals surface area (Å²) in [4.78, 5) is 2.70. The van der Waals surface area contributed by atoms with Crippen molar-refractivity contribution in [1.82, 2.24) is 4.57 Å². The maximum Gasteiger partial charge on any atom is 0.333 e. The van der Waals surface area contributed by atoms with E-state index in [1.807, 2.05) is 0 Å². The maximum atomic E-state index is 2.70. The molecule has 9 aromatic rings. The summed E-state index contributed by atoms with van der Waals surface area (Å²) in [5, 5.41) is 5.23. The molecule has 51 heavy (non-hydrogen) atoms. The van der Waals surface area contributed by atoms with Gasteiger partial charge in [-0.25, -0.2) is 0 Å². The quantitative estimate of drug-likeness (QED) is 0.170. The molecule has 0 bridgehead atoms. The summed E-state index contributed by atoms with van der Waals surface area (Å²) in [6.45, 7) is 2.43. The zero-order valence-corrected chi connectivity index (χ0v) is 28.1. The molecule has 8 aromatic carbocycles. The van der Waals surface area contributed by atoms with Crippen molar-refractivity contribution >= 4 is 61.7 Å². The van der Waals surface area contributed by atoms with Crippen molar-refractivity contribution < 1.29 is 0 Å². The second kappa shape index (κ2) is 9.68. The lowest BCUT2D eigenvalue weighted by Crippen LogP contribution is -2.62. The van der Waals surface area contributed by atoms with Crippen molar-refractivity contribution in [3.63, 3.8) is 0 Å². The molecular formula is C48H31BN2. The Morgan fingerprint density at radius 3 is 2.10 bits per heavy atom. The van der Waals surface area contributed by atoms with Crippen LogP contribution >= 0.6 is 0 Å². The molecule has 0 saturated heterocycles. The number of aromatic nitrogens is 1. The third-order valence-corrected chi connectivity index (χ3v) is 12.2. The number of hydrogen-bond acceptors (Lipinski definition) is 1. The van der Waals surface area contributed by atoms with Gasteiger partial charge in [0.05, 0.1) is 11.0 Å². The maximum absolute atomic E-state index is 2.70. The number of rotatable bonds is 2. The number of fused-ring (bicyclic) bond motifs is 12. The lowest BCUT2D eigenvalue weighted by atomic mass is 9.42. The van der Waals surface area contributed by atoms with E-state index in [4.69, 9.17) is 0 Å². The first-order chi connectivity index (χ1) is 25.2. The Hall–Kier alpha value is -6.32. The summed E-state index contributed by atoms with van der Waals surface area (Å²) >= 11 is 0. The average molecular weight is 647 g/mol. The van der Waals surface area contributed by atoms with Crippen molar-refractivity contribution in [2.75, 3.05) is 4.81 Å². The van der Waals surface area contributed by atoms with E-state index in [-0.39, 0.29) is 12.3 Å². The Morgan fingerprint density at radius 2 is 1.24 bits per heavy atom. The van der Waals surface area contributed by atoms with E-state index >= 15 is 0 Å². The molecule has 1 unspecified atom stereocenters. The van der Waals surface area contributed by atoms with E-state index < -0.39 is 0 Å². The summed E-state index contributed by atoms with van der Waals surface area (Å²) in [5.41, 5.74) is 18.0. The highest BCUT2D eigenvalue weighted by atomic mass is 15.1. The van der Waals surface area contributed by atoms with Crippen molar-refractivity contribution in [2.45, 2.75) is 12.3 Å². The van der Waals surface area contributed by atoms with Gasteiger partial charge in [-0.1, -0.05) is 146 Å². The van der Waals surface area contributed by atoms with Crippen molar-refractivity contribution in [3.8, 4) is 27.9 Å². The minimum Gasteiger partial charge on any atom is -0.376 e. The second-order valence-corrected chi connectivity index (χ2v) is 14.5. The largest absolute Gasteiger partial charge is 0.376 e. The van der Waals surface area contributed by atoms with Crippen LogP contribution in [-0.4, -0.2) is 11.4 Å². The Morgan fingerprint density at radius 1 is 0.529 bits per heavy atom. The number of hydrogen-bond donors (Lipinski definition) is 0. The average Bonchev–Trinajstić information content (AvgIpc) is 3.56. The van der Waals surface area contributed by atoms with Crippen LogP contribution in [-0.2, 0) is 5.41 Å². The fourth-order valence-electron chi connectivity index (χ4n) is 10.1. The zero-order chi connectivity index (χ0) is 33.4. The summed E-state index contributed by atoms with van der Waals surface area (Å²) < 4.78 is 2.59. The van der Waals surface area contributed by atoms with Gasteiger partial charge in [-0.05, 0) is 86.3 Å². The van der Waals surface area contributed by atoms with Gasteiger partial charge in [0.25, 0.3) is 0 Å². The molecule has 1 aromatic heterocycles. The van der Waals surface area contributed by atoms with Gasteiger partial charge in [-0.3, -0.25) is 0 Å². The van der Waals surface area contributed by atoms with Crippen LogP contribution in [0.4, 0.5) is 11.4 Å². The molecule has 2 nitrogen and oxygen atoms in total. The second-order valence-electron chi connectivity index (χ2n) is 14.5. The van der Waals surface area contributed by atoms with Crippen molar-refractivity contribution in [2.24, 2.45) is 0 Å². The summed E-state index contributed by atoms with van der Waals surface area (Å²) in [5.74, 6) is 0. The fraction of sp³-hybridized carbons (Fsp3) is 0.0417. The monoisotopic (exact) mass is 646 g/mol. The van der Waals surface area contributed by atoms with Gasteiger partial charge in [0, 0.05) is 38.8 Å². The van der Waals surface area contributed by atoms with Crippen molar-refractivity contribution in [1.29, 1.82) is 0 Å². The van der Waals surface area contributed by atoms with E-state index in [0.717, 1.165) is 0 Å². The summed E-state index contributed by atoms with van der Waals surface area (Å²) in [6, 6.07) is 63.6. The van der Waals surface area contributed by atoms with Gasteiger partial charge in [-0.15, -0.1) is 0 Å². The molecule has 3 aliphatic rings. The van der Waals surface area contributed by atoms with Gasteiger partial charge in [0.15, 0.2) is 0 Å². The Balaban J connectivity index is 1.33. The Bertz CT molecular complexity index is 2940. The molecule has 1 atom stereocenters. The van der Waals surface area contributed by atoms with Crippen molar-refractivity contribution in [3.05, 3.63) is 187 Å². The first-order valence-corrected chi connectivity index (χ1v) is 18.0. The third kappa shape index (κ3) is 3.30. The van der Waals surface area contributed by atoms with Gasteiger partial charge in [0.1, 0.15) is 0 Å². The van der Waals surface area contributed by atoms with E-state index in [1.54, 1.807) is 0 Å². The zero-order valence-electron chi connectivity index (χ0n) is 28.1. The molecule has 0 aliphatic carbocycles. The van der Waals surface area contributed by atoms with Gasteiger partial charge in [0.2, 0.25) is 0 Å². The van der Waals surface area contributed by atoms with Crippen LogP contribution in [0.2, 0.25) is 0 Å². The first-order valence-electron chi connectivity index (χ1n) is 18.0. The molecule has 0 radical (unpaired) electrons. The molecule has 3 aliphatic heterocycles. The SMILES string of the molecule is CC1(c2ccccc2)c2ccccc2N2B3c4ccccc4-n4c5ccc6ccccc6c5c5c(-c6ccccc6)cc(c3c54)-c3cccc1c32. The molecule has 236 valence electrons. The molecule has 12 rings (SSSR count). The molecule has 0 spiro atoms. The minimum atomic E-state index is -0.328. The third-order valence-electron chi connectivity index (χ3n) is 12.2. The molecule has 0 saturated carbocycles. The highest BCUT2D eigenvalue weighted by Gasteiger charge is 2.51. The fourth-order valence-corrected chi connectivity index (χ4v) is 10.1. The van der Waals surface area contributed by atoms with Crippen LogP contribution in [0.25, 0.3) is 60.5 Å². The number of para-hydroxylation sites is 3. The Labute approximate surface area is 296 Å². The number of benzene rings is 8. The predicted molar refractivity (Wildman–Crippen MR) is 215 cm³/mol. The van der Waals surface area contributed by atoms with Crippen LogP contribution in [0, 0.1) is 0 Å². The van der Waals surface area contributed by atoms with Gasteiger partial charge >= 0.3 is 6.85 Å². The van der Waals surface area contributed by atoms with E-state index in [0.29, 0.717) is 0 Å². The van der Waals surface area contributed by atoms with E-state index in [2.05, 4.69) is 186 Å². The standard InChI is InChI=1S/C48H31BN2/c1-48(32-18-6-3-7-19-32)37-22-10-12-25-40(37)51-46-34(21-14-23-38(46)48)36-29-35(30-15-4-2-5-16-30)44-43-33-20-9-8-17-31(33)27-28-42(43)50-41-26-13-11-24-39(41)49(51)45(36)47(44)50/h2-29H,1H3. The highest BCUT2D eigenvalue weighted by Crippen LogP contribution is 2.58. The molecule has 4 heterocycles. The minimum absolute atomic E-state index is 0.00160. The van der Waals surface area contributed by atoms with Gasteiger partial charge in [-0.2, -0.15) is 0 Å². The van der Waals surface area contributed by atoms with Crippen LogP contribution < -0.4 is 15.7 Å².